The molecule has 8 nitrogen and oxygen atoms in total. The average Bonchev–Trinajstić information content (AvgIpc) is 2.70. The zero-order valence-corrected chi connectivity index (χ0v) is 14.9. The van der Waals surface area contributed by atoms with E-state index in [1.54, 1.807) is 42.5 Å². The third-order valence-corrected chi connectivity index (χ3v) is 3.52. The Labute approximate surface area is 156 Å². The van der Waals surface area contributed by atoms with Crippen LogP contribution in [0.25, 0.3) is 0 Å². The summed E-state index contributed by atoms with van der Waals surface area (Å²) < 4.78 is 15.6. The summed E-state index contributed by atoms with van der Waals surface area (Å²) >= 11 is 0. The Morgan fingerprint density at radius 3 is 2.37 bits per heavy atom. The predicted molar refractivity (Wildman–Crippen MR) is 96.2 cm³/mol. The largest absolute Gasteiger partial charge is 0.493 e. The van der Waals surface area contributed by atoms with E-state index < -0.39 is 11.8 Å². The number of carbonyl (C=O) groups excluding carboxylic acids is 2. The third kappa shape index (κ3) is 5.64. The van der Waals surface area contributed by atoms with E-state index in [2.05, 4.69) is 10.9 Å². The normalized spacial score (nSPS) is 9.67. The fourth-order valence-electron chi connectivity index (χ4n) is 2.22. The Kier molecular flexibility index (Phi) is 7.02. The van der Waals surface area contributed by atoms with Crippen molar-refractivity contribution in [1.82, 2.24) is 10.9 Å². The fraction of sp³-hybridized carbons (Fsp3) is 0.211. The molecular weight excluding hydrogens is 350 g/mol. The van der Waals surface area contributed by atoms with E-state index in [0.717, 1.165) is 0 Å². The first kappa shape index (κ1) is 19.6. The van der Waals surface area contributed by atoms with E-state index >= 15 is 0 Å². The number of ether oxygens (including phenoxy) is 3. The first-order valence-corrected chi connectivity index (χ1v) is 7.98. The molecule has 0 aliphatic carbocycles. The van der Waals surface area contributed by atoms with Gasteiger partial charge in [-0.15, -0.1) is 0 Å². The summed E-state index contributed by atoms with van der Waals surface area (Å²) in [5.74, 6) is 0.407. The first-order chi connectivity index (χ1) is 13.1. The molecule has 0 spiro atoms. The number of nitrogens with zero attached hydrogens (tertiary/aromatic N) is 1. The van der Waals surface area contributed by atoms with Crippen LogP contribution >= 0.6 is 0 Å². The molecule has 0 aromatic heterocycles. The van der Waals surface area contributed by atoms with Crippen LogP contribution in [0.15, 0.2) is 42.5 Å². The summed E-state index contributed by atoms with van der Waals surface area (Å²) in [6, 6.07) is 13.6. The van der Waals surface area contributed by atoms with E-state index in [1.165, 1.54) is 14.2 Å². The van der Waals surface area contributed by atoms with Crippen molar-refractivity contribution in [3.8, 4) is 23.3 Å². The van der Waals surface area contributed by atoms with Gasteiger partial charge in [-0.2, -0.15) is 5.26 Å². The summed E-state index contributed by atoms with van der Waals surface area (Å²) in [5, 5.41) is 8.97. The molecular formula is C19H19N3O5. The molecule has 0 heterocycles. The topological polar surface area (TPSA) is 110 Å². The molecule has 0 radical (unpaired) electrons. The van der Waals surface area contributed by atoms with Gasteiger partial charge in [0.25, 0.3) is 5.91 Å². The van der Waals surface area contributed by atoms with Gasteiger partial charge in [-0.3, -0.25) is 20.4 Å². The van der Waals surface area contributed by atoms with Crippen LogP contribution in [0, 0.1) is 11.3 Å². The number of rotatable bonds is 7. The van der Waals surface area contributed by atoms with Gasteiger partial charge < -0.3 is 14.2 Å². The molecule has 0 aliphatic rings. The minimum Gasteiger partial charge on any atom is -0.493 e. The molecule has 0 fully saturated rings. The van der Waals surface area contributed by atoms with Crippen LogP contribution in [-0.2, 0) is 16.0 Å². The number of hydrogen-bond donors (Lipinski definition) is 2. The van der Waals surface area contributed by atoms with Crippen LogP contribution in [0.4, 0.5) is 0 Å². The second-order valence-electron chi connectivity index (χ2n) is 5.36. The quantitative estimate of drug-likeness (QED) is 0.713. The molecule has 8 heteroatoms. The first-order valence-electron chi connectivity index (χ1n) is 7.98. The lowest BCUT2D eigenvalue weighted by atomic mass is 10.1. The van der Waals surface area contributed by atoms with Crippen LogP contribution < -0.4 is 25.1 Å². The van der Waals surface area contributed by atoms with Crippen molar-refractivity contribution in [2.24, 2.45) is 0 Å². The van der Waals surface area contributed by atoms with Crippen molar-refractivity contribution in [2.75, 3.05) is 20.8 Å². The van der Waals surface area contributed by atoms with Crippen molar-refractivity contribution in [2.45, 2.75) is 6.42 Å². The minimum atomic E-state index is -0.552. The summed E-state index contributed by atoms with van der Waals surface area (Å²) in [4.78, 5) is 23.8. The Morgan fingerprint density at radius 2 is 1.67 bits per heavy atom. The van der Waals surface area contributed by atoms with Crippen molar-refractivity contribution in [3.63, 3.8) is 0 Å². The number of hydrogen-bond acceptors (Lipinski definition) is 6. The number of nitriles is 1. The molecule has 27 heavy (non-hydrogen) atoms. The smallest absolute Gasteiger partial charge is 0.276 e. The Morgan fingerprint density at radius 1 is 0.963 bits per heavy atom. The molecule has 0 saturated carbocycles. The van der Waals surface area contributed by atoms with Crippen molar-refractivity contribution in [3.05, 3.63) is 53.6 Å². The number of carbonyl (C=O) groups is 2. The van der Waals surface area contributed by atoms with Gasteiger partial charge in [-0.05, 0) is 29.8 Å². The molecule has 2 aromatic carbocycles. The van der Waals surface area contributed by atoms with Gasteiger partial charge in [0.2, 0.25) is 5.91 Å². The van der Waals surface area contributed by atoms with Crippen LogP contribution in [0.1, 0.15) is 11.1 Å². The van der Waals surface area contributed by atoms with Crippen molar-refractivity contribution < 1.29 is 23.8 Å². The maximum absolute atomic E-state index is 12.0. The van der Waals surface area contributed by atoms with Crippen molar-refractivity contribution >= 4 is 11.8 Å². The van der Waals surface area contributed by atoms with Crippen LogP contribution in [0.3, 0.4) is 0 Å². The van der Waals surface area contributed by atoms with E-state index in [4.69, 9.17) is 19.5 Å². The predicted octanol–water partition coefficient (Wildman–Crippen LogP) is 1.34. The maximum atomic E-state index is 12.0. The average molecular weight is 369 g/mol. The number of benzene rings is 2. The maximum Gasteiger partial charge on any atom is 0.276 e. The number of nitrogens with one attached hydrogen (secondary N) is 2. The summed E-state index contributed by atoms with van der Waals surface area (Å²) in [6.45, 7) is -0.338. The Bertz CT molecular complexity index is 861. The van der Waals surface area contributed by atoms with Crippen LogP contribution in [0.5, 0.6) is 17.2 Å². The van der Waals surface area contributed by atoms with E-state index in [9.17, 15) is 9.59 Å². The van der Waals surface area contributed by atoms with Gasteiger partial charge >= 0.3 is 0 Å². The Balaban J connectivity index is 1.81. The molecule has 2 N–H and O–H groups in total. The third-order valence-electron chi connectivity index (χ3n) is 3.52. The SMILES string of the molecule is COc1ccc(CC(=O)NNC(=O)COc2ccccc2C#N)cc1OC. The van der Waals surface area contributed by atoms with Gasteiger partial charge in [-0.1, -0.05) is 18.2 Å². The summed E-state index contributed by atoms with van der Waals surface area (Å²) in [6.07, 6.45) is 0.0404. The van der Waals surface area contributed by atoms with Gasteiger partial charge in [0.05, 0.1) is 26.2 Å². The zero-order chi connectivity index (χ0) is 19.6. The highest BCUT2D eigenvalue weighted by molar-refractivity contribution is 5.84. The molecule has 0 unspecified atom stereocenters. The summed E-state index contributed by atoms with van der Waals surface area (Å²) in [5.41, 5.74) is 5.58. The van der Waals surface area contributed by atoms with Gasteiger partial charge in [0, 0.05) is 0 Å². The molecule has 2 aromatic rings. The molecule has 2 amide bonds. The number of amides is 2. The monoisotopic (exact) mass is 369 g/mol. The number of methoxy groups -OCH3 is 2. The lowest BCUT2D eigenvalue weighted by molar-refractivity contribution is -0.129. The highest BCUT2D eigenvalue weighted by Gasteiger charge is 2.10. The molecule has 0 aliphatic heterocycles. The van der Waals surface area contributed by atoms with Crippen LogP contribution in [-0.4, -0.2) is 32.6 Å². The van der Waals surface area contributed by atoms with Gasteiger partial charge in [0.15, 0.2) is 18.1 Å². The zero-order valence-electron chi connectivity index (χ0n) is 14.9. The van der Waals surface area contributed by atoms with E-state index in [1.807, 2.05) is 6.07 Å². The Hall–Kier alpha value is -3.73. The lowest BCUT2D eigenvalue weighted by Crippen LogP contribution is -2.44. The molecule has 0 atom stereocenters. The molecule has 140 valence electrons. The molecule has 0 saturated heterocycles. The van der Waals surface area contributed by atoms with E-state index in [-0.39, 0.29) is 13.0 Å². The minimum absolute atomic E-state index is 0.0404. The summed E-state index contributed by atoms with van der Waals surface area (Å²) in [7, 11) is 3.03. The van der Waals surface area contributed by atoms with Gasteiger partial charge in [0.1, 0.15) is 11.8 Å². The number of hydrazine groups is 1. The lowest BCUT2D eigenvalue weighted by Gasteiger charge is -2.11. The van der Waals surface area contributed by atoms with Crippen LogP contribution in [0.2, 0.25) is 0 Å². The van der Waals surface area contributed by atoms with E-state index in [0.29, 0.717) is 28.4 Å². The highest BCUT2D eigenvalue weighted by atomic mass is 16.5. The number of para-hydroxylation sites is 1. The van der Waals surface area contributed by atoms with Gasteiger partial charge in [-0.25, -0.2) is 0 Å². The van der Waals surface area contributed by atoms with Crippen molar-refractivity contribution in [1.29, 1.82) is 5.26 Å². The standard InChI is InChI=1S/C19H19N3O5/c1-25-16-8-7-13(9-17(16)26-2)10-18(23)21-22-19(24)12-27-15-6-4-3-5-14(15)11-20/h3-9H,10,12H2,1-2H3,(H,21,23)(H,22,24). The molecule has 0 bridgehead atoms. The second kappa shape index (κ2) is 9.68. The molecule has 2 rings (SSSR count). The highest BCUT2D eigenvalue weighted by Crippen LogP contribution is 2.27. The second-order valence-corrected chi connectivity index (χ2v) is 5.36. The fourth-order valence-corrected chi connectivity index (χ4v) is 2.22.